The normalized spacial score (nSPS) is 20.8. The van der Waals surface area contributed by atoms with Crippen molar-refractivity contribution in [2.45, 2.75) is 40.0 Å². The lowest BCUT2D eigenvalue weighted by atomic mass is 9.90. The van der Waals surface area contributed by atoms with Crippen LogP contribution >= 0.6 is 0 Å². The molecule has 1 unspecified atom stereocenters. The Hall–Kier alpha value is -1.58. The van der Waals surface area contributed by atoms with Gasteiger partial charge in [0.05, 0.1) is 18.0 Å². The summed E-state index contributed by atoms with van der Waals surface area (Å²) in [5.74, 6) is 0.618. The van der Waals surface area contributed by atoms with Gasteiger partial charge in [0.15, 0.2) is 0 Å². The van der Waals surface area contributed by atoms with Gasteiger partial charge >= 0.3 is 0 Å². The summed E-state index contributed by atoms with van der Waals surface area (Å²) in [6.07, 6.45) is 10.3. The molecule has 4 nitrogen and oxygen atoms in total. The summed E-state index contributed by atoms with van der Waals surface area (Å²) in [7, 11) is 1.58. The molecule has 0 aromatic heterocycles. The van der Waals surface area contributed by atoms with Crippen LogP contribution in [0, 0.1) is 10.8 Å². The van der Waals surface area contributed by atoms with E-state index in [2.05, 4.69) is 43.9 Å². The average molecular weight is 304 g/mol. The Kier molecular flexibility index (Phi) is 5.81. The molecule has 0 saturated carbocycles. The molecular formula is C18H30N3O+. The van der Waals surface area contributed by atoms with Crippen molar-refractivity contribution in [1.29, 1.82) is 0 Å². The third-order valence-electron chi connectivity index (χ3n) is 4.97. The summed E-state index contributed by atoms with van der Waals surface area (Å²) in [5.41, 5.74) is 4.38. The number of nitroso groups, excluding NO2 is 1. The van der Waals surface area contributed by atoms with E-state index in [0.29, 0.717) is 5.92 Å². The zero-order valence-electron chi connectivity index (χ0n) is 14.5. The Labute approximate surface area is 134 Å². The summed E-state index contributed by atoms with van der Waals surface area (Å²) in [5, 5.41) is 1.86. The molecule has 2 aliphatic rings. The highest BCUT2D eigenvalue weighted by Gasteiger charge is 2.24. The van der Waals surface area contributed by atoms with Gasteiger partial charge in [0.25, 0.3) is 0 Å². The van der Waals surface area contributed by atoms with Gasteiger partial charge in [0.1, 0.15) is 4.87 Å². The van der Waals surface area contributed by atoms with Crippen molar-refractivity contribution in [3.05, 3.63) is 40.0 Å². The standard InChI is InChI=1S/C18H30N3O/c1-5-15(3)18-10-9-17(8-7-16(18)6-2)20-11-13-21(14-12-20)19(4)22/h7,9-10,15H,5-6,8,11-14H2,1-4H3/q+1. The molecule has 1 aliphatic heterocycles. The van der Waals surface area contributed by atoms with Crippen molar-refractivity contribution >= 4 is 0 Å². The first-order chi connectivity index (χ1) is 10.6. The molecule has 1 saturated heterocycles. The Morgan fingerprint density at radius 3 is 2.41 bits per heavy atom. The minimum atomic E-state index is 0.618. The van der Waals surface area contributed by atoms with Crippen LogP contribution in [-0.4, -0.2) is 48.0 Å². The van der Waals surface area contributed by atoms with E-state index in [1.807, 2.05) is 5.01 Å². The fourth-order valence-corrected chi connectivity index (χ4v) is 3.26. The first kappa shape index (κ1) is 16.8. The van der Waals surface area contributed by atoms with E-state index >= 15 is 0 Å². The van der Waals surface area contributed by atoms with Crippen molar-refractivity contribution in [1.82, 2.24) is 9.91 Å². The molecule has 0 aromatic carbocycles. The molecule has 1 aliphatic carbocycles. The minimum absolute atomic E-state index is 0.618. The number of hydrazine groups is 1. The number of nitrogens with zero attached hydrogens (tertiary/aromatic N) is 3. The van der Waals surface area contributed by atoms with Gasteiger partial charge in [-0.1, -0.05) is 32.9 Å². The first-order valence-corrected chi connectivity index (χ1v) is 8.57. The lowest BCUT2D eigenvalue weighted by Crippen LogP contribution is -2.48. The van der Waals surface area contributed by atoms with Gasteiger partial charge in [-0.15, -0.1) is 5.01 Å². The SMILES string of the molecule is CCC1=CCC(N2CCN([N+](C)=O)CC2)=CC=C1C(C)CC. The van der Waals surface area contributed by atoms with Crippen molar-refractivity contribution in [2.75, 3.05) is 33.2 Å². The molecule has 1 fully saturated rings. The summed E-state index contributed by atoms with van der Waals surface area (Å²) >= 11 is 0. The predicted octanol–water partition coefficient (Wildman–Crippen LogP) is 3.52. The van der Waals surface area contributed by atoms with Gasteiger partial charge in [0, 0.05) is 25.2 Å². The molecule has 2 rings (SSSR count). The van der Waals surface area contributed by atoms with E-state index in [1.54, 1.807) is 7.05 Å². The first-order valence-electron chi connectivity index (χ1n) is 8.57. The van der Waals surface area contributed by atoms with E-state index in [9.17, 15) is 4.91 Å². The van der Waals surface area contributed by atoms with Crippen LogP contribution in [0.1, 0.15) is 40.0 Å². The van der Waals surface area contributed by atoms with Crippen LogP contribution in [0.15, 0.2) is 35.1 Å². The zero-order chi connectivity index (χ0) is 16.1. The maximum Gasteiger partial charge on any atom is 0.216 e. The third-order valence-corrected chi connectivity index (χ3v) is 4.97. The van der Waals surface area contributed by atoms with E-state index < -0.39 is 0 Å². The quantitative estimate of drug-likeness (QED) is 0.727. The summed E-state index contributed by atoms with van der Waals surface area (Å²) < 4.78 is 0. The molecule has 1 atom stereocenters. The fraction of sp³-hybridized carbons (Fsp3) is 0.667. The second-order valence-corrected chi connectivity index (χ2v) is 6.28. The largest absolute Gasteiger partial charge is 0.371 e. The number of piperazine rings is 1. The van der Waals surface area contributed by atoms with Gasteiger partial charge in [-0.3, -0.25) is 0 Å². The second-order valence-electron chi connectivity index (χ2n) is 6.28. The molecule has 0 aromatic rings. The van der Waals surface area contributed by atoms with E-state index in [-0.39, 0.29) is 0 Å². The maximum absolute atomic E-state index is 11.4. The number of hydrogen-bond acceptors (Lipinski definition) is 2. The lowest BCUT2D eigenvalue weighted by molar-refractivity contribution is -0.687. The predicted molar refractivity (Wildman–Crippen MR) is 91.3 cm³/mol. The van der Waals surface area contributed by atoms with Gasteiger partial charge < -0.3 is 4.90 Å². The van der Waals surface area contributed by atoms with Crippen molar-refractivity contribution in [3.8, 4) is 0 Å². The number of hydrogen-bond donors (Lipinski definition) is 0. The zero-order valence-corrected chi connectivity index (χ0v) is 14.5. The number of allylic oxidation sites excluding steroid dienone is 5. The summed E-state index contributed by atoms with van der Waals surface area (Å²) in [6.45, 7) is 10.3. The van der Waals surface area contributed by atoms with Crippen LogP contribution in [-0.2, 0) is 0 Å². The molecule has 0 amide bonds. The lowest BCUT2D eigenvalue weighted by Gasteiger charge is -2.33. The van der Waals surface area contributed by atoms with Gasteiger partial charge in [-0.05, 0) is 36.0 Å². The second kappa shape index (κ2) is 7.61. The monoisotopic (exact) mass is 304 g/mol. The van der Waals surface area contributed by atoms with Crippen LogP contribution < -0.4 is 0 Å². The van der Waals surface area contributed by atoms with Crippen molar-refractivity contribution in [2.24, 2.45) is 5.92 Å². The van der Waals surface area contributed by atoms with Crippen LogP contribution in [0.3, 0.4) is 0 Å². The Balaban J connectivity index is 2.10. The molecule has 0 N–H and O–H groups in total. The molecular weight excluding hydrogens is 274 g/mol. The fourth-order valence-electron chi connectivity index (χ4n) is 3.26. The highest BCUT2D eigenvalue weighted by Crippen LogP contribution is 2.29. The van der Waals surface area contributed by atoms with E-state index in [1.165, 1.54) is 23.3 Å². The minimum Gasteiger partial charge on any atom is -0.371 e. The molecule has 122 valence electrons. The molecule has 1 heterocycles. The smallest absolute Gasteiger partial charge is 0.216 e. The highest BCUT2D eigenvalue weighted by molar-refractivity contribution is 5.39. The van der Waals surface area contributed by atoms with Crippen molar-refractivity contribution < 1.29 is 4.87 Å². The molecule has 0 spiro atoms. The Bertz CT molecular complexity index is 496. The van der Waals surface area contributed by atoms with Gasteiger partial charge in [-0.2, -0.15) is 0 Å². The molecule has 0 radical (unpaired) electrons. The third kappa shape index (κ3) is 3.79. The van der Waals surface area contributed by atoms with Crippen molar-refractivity contribution in [3.63, 3.8) is 0 Å². The van der Waals surface area contributed by atoms with Gasteiger partial charge in [-0.25, -0.2) is 0 Å². The maximum atomic E-state index is 11.4. The summed E-state index contributed by atoms with van der Waals surface area (Å²) in [6, 6.07) is 0. The van der Waals surface area contributed by atoms with E-state index in [0.717, 1.165) is 43.9 Å². The molecule has 22 heavy (non-hydrogen) atoms. The molecule has 0 bridgehead atoms. The topological polar surface area (TPSA) is 26.6 Å². The van der Waals surface area contributed by atoms with Crippen LogP contribution in [0.4, 0.5) is 0 Å². The molecule has 4 heteroatoms. The average Bonchev–Trinajstić information content (AvgIpc) is 2.76. The van der Waals surface area contributed by atoms with Crippen LogP contribution in [0.2, 0.25) is 0 Å². The number of rotatable bonds is 5. The van der Waals surface area contributed by atoms with Gasteiger partial charge in [0.2, 0.25) is 7.05 Å². The van der Waals surface area contributed by atoms with Crippen LogP contribution in [0.5, 0.6) is 0 Å². The summed E-state index contributed by atoms with van der Waals surface area (Å²) in [4.78, 5) is 14.8. The Morgan fingerprint density at radius 2 is 1.86 bits per heavy atom. The van der Waals surface area contributed by atoms with Crippen LogP contribution in [0.25, 0.3) is 0 Å². The Morgan fingerprint density at radius 1 is 1.18 bits per heavy atom. The van der Waals surface area contributed by atoms with E-state index in [4.69, 9.17) is 0 Å². The highest BCUT2D eigenvalue weighted by atomic mass is 16.3.